The molecule has 0 aliphatic carbocycles. The number of esters is 1. The molecule has 1 unspecified atom stereocenters. The second kappa shape index (κ2) is 10.4. The lowest BCUT2D eigenvalue weighted by Crippen LogP contribution is -2.32. The van der Waals surface area contributed by atoms with Crippen molar-refractivity contribution in [1.82, 2.24) is 5.48 Å². The van der Waals surface area contributed by atoms with Gasteiger partial charge in [0, 0.05) is 0 Å². The fraction of sp³-hybridized carbons (Fsp3) is 0.412. The molecular weight excluding hydrogens is 312 g/mol. The van der Waals surface area contributed by atoms with E-state index in [4.69, 9.17) is 19.1 Å². The predicted octanol–water partition coefficient (Wildman–Crippen LogP) is 2.28. The fourth-order valence-electron chi connectivity index (χ4n) is 1.91. The van der Waals surface area contributed by atoms with E-state index in [2.05, 4.69) is 10.6 Å². The molecule has 0 spiro atoms. The van der Waals surface area contributed by atoms with Crippen LogP contribution in [0.3, 0.4) is 0 Å². The Labute approximate surface area is 142 Å². The van der Waals surface area contributed by atoms with Gasteiger partial charge in [-0.15, -0.1) is 0 Å². The average molecular weight is 336 g/mol. The molecule has 1 atom stereocenters. The van der Waals surface area contributed by atoms with Gasteiger partial charge in [0.1, 0.15) is 12.7 Å². The maximum absolute atomic E-state index is 11.9. The van der Waals surface area contributed by atoms with Crippen LogP contribution < -0.4 is 5.48 Å². The van der Waals surface area contributed by atoms with Crippen LogP contribution in [0.15, 0.2) is 35.7 Å². The molecule has 0 heterocycles. The minimum absolute atomic E-state index is 0.119. The van der Waals surface area contributed by atoms with Gasteiger partial charge in [-0.25, -0.2) is 4.79 Å². The van der Waals surface area contributed by atoms with Crippen molar-refractivity contribution in [2.45, 2.75) is 26.5 Å². The number of benzene rings is 1. The van der Waals surface area contributed by atoms with E-state index >= 15 is 0 Å². The lowest BCUT2D eigenvalue weighted by Gasteiger charge is -2.15. The molecule has 7 heteroatoms. The number of rotatable bonds is 9. The van der Waals surface area contributed by atoms with Crippen LogP contribution in [0.2, 0.25) is 0 Å². The summed E-state index contributed by atoms with van der Waals surface area (Å²) in [6.07, 6.45) is 1.36. The molecule has 0 fully saturated rings. The van der Waals surface area contributed by atoms with E-state index < -0.39 is 5.97 Å². The monoisotopic (exact) mass is 336 g/mol. The highest BCUT2D eigenvalue weighted by Crippen LogP contribution is 2.21. The van der Waals surface area contributed by atoms with Gasteiger partial charge in [0.15, 0.2) is 0 Å². The van der Waals surface area contributed by atoms with Crippen LogP contribution in [0, 0.1) is 0 Å². The fourth-order valence-corrected chi connectivity index (χ4v) is 1.91. The molecule has 0 aromatic heterocycles. The van der Waals surface area contributed by atoms with Crippen molar-refractivity contribution in [2.24, 2.45) is 5.16 Å². The Morgan fingerprint density at radius 2 is 2.00 bits per heavy atom. The summed E-state index contributed by atoms with van der Waals surface area (Å²) in [5.41, 5.74) is 5.45. The molecule has 1 rings (SSSR count). The number of methoxy groups -OCH3 is 2. The maximum Gasteiger partial charge on any atom is 0.341 e. The highest BCUT2D eigenvalue weighted by Gasteiger charge is 2.17. The summed E-state index contributed by atoms with van der Waals surface area (Å²) in [4.78, 5) is 22.2. The summed E-state index contributed by atoms with van der Waals surface area (Å²) in [6.45, 7) is 3.97. The molecule has 0 saturated carbocycles. The Hall–Kier alpha value is -2.38. The van der Waals surface area contributed by atoms with Crippen molar-refractivity contribution < 1.29 is 23.9 Å². The molecule has 7 nitrogen and oxygen atoms in total. The van der Waals surface area contributed by atoms with Crippen molar-refractivity contribution in [1.29, 1.82) is 0 Å². The third kappa shape index (κ3) is 5.68. The molecule has 0 aliphatic heterocycles. The molecule has 24 heavy (non-hydrogen) atoms. The van der Waals surface area contributed by atoms with Gasteiger partial charge in [0.05, 0.1) is 38.8 Å². The lowest BCUT2D eigenvalue weighted by molar-refractivity contribution is -0.133. The number of carbonyl (C=O) groups excluding carboxylic acids is 1. The first-order chi connectivity index (χ1) is 11.5. The molecular formula is C17H24N2O5. The number of hydroxylamine groups is 1. The van der Waals surface area contributed by atoms with Crippen molar-refractivity contribution in [2.75, 3.05) is 21.3 Å². The van der Waals surface area contributed by atoms with Crippen molar-refractivity contribution in [3.8, 4) is 0 Å². The van der Waals surface area contributed by atoms with Crippen LogP contribution in [0.5, 0.6) is 0 Å². The molecule has 132 valence electrons. The second-order valence-corrected chi connectivity index (χ2v) is 4.96. The highest BCUT2D eigenvalue weighted by molar-refractivity contribution is 6.16. The maximum atomic E-state index is 11.9. The van der Waals surface area contributed by atoms with Gasteiger partial charge in [-0.2, -0.15) is 5.48 Å². The highest BCUT2D eigenvalue weighted by atomic mass is 16.6. The van der Waals surface area contributed by atoms with Gasteiger partial charge < -0.3 is 14.3 Å². The quantitative estimate of drug-likeness (QED) is 0.245. The summed E-state index contributed by atoms with van der Waals surface area (Å²) in [7, 11) is 4.29. The minimum Gasteiger partial charge on any atom is -0.503 e. The summed E-state index contributed by atoms with van der Waals surface area (Å²) in [6, 6.07) is 7.25. The lowest BCUT2D eigenvalue weighted by atomic mass is 10.0. The third-order valence-corrected chi connectivity index (χ3v) is 3.30. The Morgan fingerprint density at radius 3 is 2.62 bits per heavy atom. The van der Waals surface area contributed by atoms with E-state index in [1.54, 1.807) is 0 Å². The molecule has 0 aliphatic rings. The molecule has 0 radical (unpaired) electrons. The SMILES string of the molecule is CO/C=C(/C(=O)OC)c1ccccc1CONC(C)/C(C)=N/OC. The summed E-state index contributed by atoms with van der Waals surface area (Å²) < 4.78 is 9.79. The van der Waals surface area contributed by atoms with Crippen LogP contribution >= 0.6 is 0 Å². The van der Waals surface area contributed by atoms with Crippen molar-refractivity contribution >= 4 is 17.3 Å². The van der Waals surface area contributed by atoms with Crippen LogP contribution in [0.25, 0.3) is 5.57 Å². The zero-order valence-corrected chi connectivity index (χ0v) is 14.7. The Morgan fingerprint density at radius 1 is 1.29 bits per heavy atom. The van der Waals surface area contributed by atoms with E-state index in [1.165, 1.54) is 27.6 Å². The molecule has 1 aromatic carbocycles. The van der Waals surface area contributed by atoms with E-state index in [9.17, 15) is 4.79 Å². The summed E-state index contributed by atoms with van der Waals surface area (Å²) >= 11 is 0. The number of carbonyl (C=O) groups is 1. The Bertz CT molecular complexity index is 598. The number of nitrogens with one attached hydrogen (secondary N) is 1. The number of oxime groups is 1. The first kappa shape index (κ1) is 19.7. The normalized spacial score (nSPS) is 13.4. The Kier molecular flexibility index (Phi) is 8.53. The third-order valence-electron chi connectivity index (χ3n) is 3.30. The summed E-state index contributed by atoms with van der Waals surface area (Å²) in [5.74, 6) is -0.478. The van der Waals surface area contributed by atoms with Crippen LogP contribution in [-0.2, 0) is 30.6 Å². The first-order valence-corrected chi connectivity index (χ1v) is 7.39. The van der Waals surface area contributed by atoms with E-state index in [-0.39, 0.29) is 12.6 Å². The van der Waals surface area contributed by atoms with Gasteiger partial charge in [-0.3, -0.25) is 4.84 Å². The molecule has 0 bridgehead atoms. The van der Waals surface area contributed by atoms with Gasteiger partial charge >= 0.3 is 5.97 Å². The predicted molar refractivity (Wildman–Crippen MR) is 90.9 cm³/mol. The number of hydrogen-bond acceptors (Lipinski definition) is 7. The Balaban J connectivity index is 2.85. The molecule has 0 saturated heterocycles. The van der Waals surface area contributed by atoms with Gasteiger partial charge in [-0.05, 0) is 25.0 Å². The largest absolute Gasteiger partial charge is 0.503 e. The first-order valence-electron chi connectivity index (χ1n) is 7.39. The standard InChI is InChI=1S/C17H24N2O5/c1-12(18-23-5)13(2)19-24-10-14-8-6-7-9-15(14)16(11-21-3)17(20)22-4/h6-9,11,13,19H,10H2,1-5H3/b16-11+,18-12+. The summed E-state index contributed by atoms with van der Waals surface area (Å²) in [5, 5.41) is 3.84. The molecule has 1 aromatic rings. The van der Waals surface area contributed by atoms with Crippen LogP contribution in [0.4, 0.5) is 0 Å². The van der Waals surface area contributed by atoms with Gasteiger partial charge in [-0.1, -0.05) is 29.4 Å². The molecule has 0 amide bonds. The second-order valence-electron chi connectivity index (χ2n) is 4.96. The van der Waals surface area contributed by atoms with Crippen LogP contribution in [-0.4, -0.2) is 39.1 Å². The molecule has 1 N–H and O–H groups in total. The van der Waals surface area contributed by atoms with Gasteiger partial charge in [0.2, 0.25) is 0 Å². The average Bonchev–Trinajstić information content (AvgIpc) is 2.59. The van der Waals surface area contributed by atoms with E-state index in [0.717, 1.165) is 11.3 Å². The van der Waals surface area contributed by atoms with Crippen molar-refractivity contribution in [3.63, 3.8) is 0 Å². The van der Waals surface area contributed by atoms with E-state index in [1.807, 2.05) is 38.1 Å². The van der Waals surface area contributed by atoms with E-state index in [0.29, 0.717) is 11.1 Å². The number of nitrogens with zero attached hydrogens (tertiary/aromatic N) is 1. The number of ether oxygens (including phenoxy) is 2. The zero-order valence-electron chi connectivity index (χ0n) is 14.7. The van der Waals surface area contributed by atoms with Crippen LogP contribution in [0.1, 0.15) is 25.0 Å². The smallest absolute Gasteiger partial charge is 0.341 e. The van der Waals surface area contributed by atoms with Crippen molar-refractivity contribution in [3.05, 3.63) is 41.7 Å². The topological polar surface area (TPSA) is 78.4 Å². The minimum atomic E-state index is -0.478. The van der Waals surface area contributed by atoms with Gasteiger partial charge in [0.25, 0.3) is 0 Å². The number of hydrogen-bond donors (Lipinski definition) is 1. The zero-order chi connectivity index (χ0) is 17.9.